The smallest absolute Gasteiger partial charge is 0.477 e. The van der Waals surface area contributed by atoms with Crippen LogP contribution in [0.2, 0.25) is 0 Å². The highest BCUT2D eigenvalue weighted by molar-refractivity contribution is 6.04. The average molecular weight is 630 g/mol. The van der Waals surface area contributed by atoms with Crippen LogP contribution in [0.5, 0.6) is 11.6 Å². The van der Waals surface area contributed by atoms with Crippen molar-refractivity contribution in [2.24, 2.45) is 0 Å². The Balaban J connectivity index is 1.05. The molecule has 4 heterocycles. The maximum Gasteiger partial charge on any atom is 0.573 e. The van der Waals surface area contributed by atoms with Crippen LogP contribution in [0.4, 0.5) is 30.5 Å². The number of nitrogens with zero attached hydrogens (tertiary/aromatic N) is 3. The second kappa shape index (κ2) is 12.3. The normalized spacial score (nSPS) is 19.0. The third-order valence-corrected chi connectivity index (χ3v) is 9.06. The first-order valence-corrected chi connectivity index (χ1v) is 15.6. The zero-order chi connectivity index (χ0) is 31.8. The third kappa shape index (κ3) is 6.50. The Morgan fingerprint density at radius 1 is 0.978 bits per heavy atom. The number of carbonyl (C=O) groups is 1. The summed E-state index contributed by atoms with van der Waals surface area (Å²) in [5.41, 5.74) is 6.15. The largest absolute Gasteiger partial charge is 0.573 e. The van der Waals surface area contributed by atoms with Gasteiger partial charge in [-0.3, -0.25) is 9.69 Å². The van der Waals surface area contributed by atoms with E-state index in [0.29, 0.717) is 53.5 Å². The van der Waals surface area contributed by atoms with Gasteiger partial charge in [-0.05, 0) is 111 Å². The molecular weight excluding hydrogens is 595 g/mol. The van der Waals surface area contributed by atoms with Gasteiger partial charge in [0.05, 0.1) is 12.3 Å². The third-order valence-electron chi connectivity index (χ3n) is 9.06. The van der Waals surface area contributed by atoms with Gasteiger partial charge >= 0.3 is 6.36 Å². The van der Waals surface area contributed by atoms with E-state index in [4.69, 9.17) is 4.74 Å². The number of anilines is 3. The first-order valence-electron chi connectivity index (χ1n) is 15.6. The summed E-state index contributed by atoms with van der Waals surface area (Å²) in [7, 11) is 0. The predicted molar refractivity (Wildman–Crippen MR) is 168 cm³/mol. The number of ether oxygens (including phenoxy) is 2. The number of halogens is 3. The quantitative estimate of drug-likeness (QED) is 0.206. The maximum absolute atomic E-state index is 13.2. The Bertz CT molecular complexity index is 1720. The lowest BCUT2D eigenvalue weighted by molar-refractivity contribution is -0.274. The number of nitrogens with one attached hydrogen (secondary N) is 2. The van der Waals surface area contributed by atoms with Crippen LogP contribution in [-0.4, -0.2) is 45.8 Å². The van der Waals surface area contributed by atoms with Crippen molar-refractivity contribution in [3.05, 3.63) is 89.0 Å². The number of fused-ring (bicyclic) bond motifs is 3. The van der Waals surface area contributed by atoms with E-state index in [9.17, 15) is 18.0 Å². The lowest BCUT2D eigenvalue weighted by atomic mass is 10.0. The SMILES string of the molecule is Cc1ccc(CN2C3CCC2CC3)cc1NC(=O)c1ccc(Nc2nc3c(c(-c4ccc(OC(F)(F)F)cc4)n2)CCCO3)cc1. The molecule has 0 spiro atoms. The van der Waals surface area contributed by atoms with Crippen LogP contribution in [0.25, 0.3) is 11.3 Å². The van der Waals surface area contributed by atoms with Crippen molar-refractivity contribution in [1.29, 1.82) is 0 Å². The molecule has 238 valence electrons. The summed E-state index contributed by atoms with van der Waals surface area (Å²) >= 11 is 0. The number of hydrogen-bond acceptors (Lipinski definition) is 7. The fourth-order valence-corrected chi connectivity index (χ4v) is 6.75. The van der Waals surface area contributed by atoms with Crippen LogP contribution >= 0.6 is 0 Å². The van der Waals surface area contributed by atoms with E-state index in [2.05, 4.69) is 48.4 Å². The first kappa shape index (κ1) is 30.0. The minimum absolute atomic E-state index is 0.202. The standard InChI is InChI=1S/C35H34F3N5O3/c1-21-4-5-22(20-43-26-12-13-27(43)15-14-26)19-30(21)40-32(44)24-6-10-25(11-7-24)39-34-41-31(29-3-2-18-45-33(29)42-34)23-8-16-28(17-9-23)46-35(36,37)38/h4-11,16-17,19,26-27H,2-3,12-15,18,20H2,1H3,(H,40,44)(H,39,41,42). The Labute approximate surface area is 265 Å². The lowest BCUT2D eigenvalue weighted by Gasteiger charge is -2.22. The number of aryl methyl sites for hydroxylation is 1. The summed E-state index contributed by atoms with van der Waals surface area (Å²) in [6, 6.07) is 20.3. The van der Waals surface area contributed by atoms with Crippen LogP contribution in [-0.2, 0) is 13.0 Å². The number of hydrogen-bond donors (Lipinski definition) is 2. The van der Waals surface area contributed by atoms with Crippen molar-refractivity contribution >= 4 is 23.2 Å². The molecule has 0 atom stereocenters. The molecule has 3 aliphatic rings. The Morgan fingerprint density at radius 2 is 1.70 bits per heavy atom. The number of aromatic nitrogens is 2. The number of carbonyl (C=O) groups excluding carboxylic acids is 1. The van der Waals surface area contributed by atoms with Crippen LogP contribution < -0.4 is 20.1 Å². The second-order valence-electron chi connectivity index (χ2n) is 12.1. The van der Waals surface area contributed by atoms with Gasteiger partial charge in [0.25, 0.3) is 5.91 Å². The van der Waals surface area contributed by atoms with Gasteiger partial charge in [0.1, 0.15) is 5.75 Å². The minimum atomic E-state index is -4.77. The fraction of sp³-hybridized carbons (Fsp3) is 0.343. The molecular formula is C35H34F3N5O3. The molecule has 1 aromatic heterocycles. The molecule has 46 heavy (non-hydrogen) atoms. The van der Waals surface area contributed by atoms with E-state index in [1.165, 1.54) is 55.5 Å². The number of rotatable bonds is 8. The Kier molecular flexibility index (Phi) is 8.02. The fourth-order valence-electron chi connectivity index (χ4n) is 6.75. The zero-order valence-corrected chi connectivity index (χ0v) is 25.4. The maximum atomic E-state index is 13.2. The summed E-state index contributed by atoms with van der Waals surface area (Å²) in [5, 5.41) is 6.26. The molecule has 4 aromatic rings. The Hall–Kier alpha value is -4.64. The number of alkyl halides is 3. The molecule has 1 amide bonds. The molecule has 3 aliphatic heterocycles. The molecule has 0 radical (unpaired) electrons. The molecule has 3 aromatic carbocycles. The highest BCUT2D eigenvalue weighted by Gasteiger charge is 2.39. The van der Waals surface area contributed by atoms with Gasteiger partial charge in [0, 0.05) is 46.7 Å². The summed E-state index contributed by atoms with van der Waals surface area (Å²) in [4.78, 5) is 25.1. The Morgan fingerprint density at radius 3 is 2.39 bits per heavy atom. The van der Waals surface area contributed by atoms with Crippen molar-refractivity contribution < 1.29 is 27.4 Å². The van der Waals surface area contributed by atoms with Crippen LogP contribution in [0.15, 0.2) is 66.7 Å². The predicted octanol–water partition coefficient (Wildman–Crippen LogP) is 7.80. The van der Waals surface area contributed by atoms with Gasteiger partial charge in [-0.2, -0.15) is 4.98 Å². The minimum Gasteiger partial charge on any atom is -0.477 e. The van der Waals surface area contributed by atoms with Gasteiger partial charge in [0.2, 0.25) is 11.8 Å². The molecule has 0 unspecified atom stereocenters. The monoisotopic (exact) mass is 629 g/mol. The summed E-state index contributed by atoms with van der Waals surface area (Å²) in [6.45, 7) is 3.41. The zero-order valence-electron chi connectivity index (χ0n) is 25.4. The summed E-state index contributed by atoms with van der Waals surface area (Å²) in [6.07, 6.45) is 1.84. The first-order chi connectivity index (χ1) is 22.2. The highest BCUT2D eigenvalue weighted by Crippen LogP contribution is 2.39. The average Bonchev–Trinajstić information content (AvgIpc) is 3.61. The molecule has 7 rings (SSSR count). The van der Waals surface area contributed by atoms with Gasteiger partial charge in [-0.15, -0.1) is 13.2 Å². The van der Waals surface area contributed by atoms with E-state index in [0.717, 1.165) is 29.8 Å². The molecule has 0 saturated carbocycles. The molecule has 0 aliphatic carbocycles. The second-order valence-corrected chi connectivity index (χ2v) is 12.1. The van der Waals surface area contributed by atoms with Gasteiger partial charge in [-0.25, -0.2) is 4.98 Å². The lowest BCUT2D eigenvalue weighted by Crippen LogP contribution is -2.27. The highest BCUT2D eigenvalue weighted by atomic mass is 19.4. The van der Waals surface area contributed by atoms with Crippen molar-refractivity contribution in [2.75, 3.05) is 17.2 Å². The molecule has 2 N–H and O–H groups in total. The molecule has 8 nitrogen and oxygen atoms in total. The van der Waals surface area contributed by atoms with Crippen LogP contribution in [0.1, 0.15) is 59.2 Å². The van der Waals surface area contributed by atoms with Gasteiger partial charge in [0.15, 0.2) is 0 Å². The van der Waals surface area contributed by atoms with E-state index in [-0.39, 0.29) is 17.6 Å². The molecule has 2 saturated heterocycles. The van der Waals surface area contributed by atoms with Gasteiger partial charge in [-0.1, -0.05) is 12.1 Å². The van der Waals surface area contributed by atoms with Crippen molar-refractivity contribution in [2.45, 2.75) is 70.4 Å². The topological polar surface area (TPSA) is 88.6 Å². The van der Waals surface area contributed by atoms with Crippen molar-refractivity contribution in [1.82, 2.24) is 14.9 Å². The van der Waals surface area contributed by atoms with Gasteiger partial charge < -0.3 is 20.1 Å². The molecule has 2 bridgehead atoms. The van der Waals surface area contributed by atoms with E-state index < -0.39 is 6.36 Å². The van der Waals surface area contributed by atoms with Crippen molar-refractivity contribution in [3.8, 4) is 22.9 Å². The van der Waals surface area contributed by atoms with Crippen LogP contribution in [0.3, 0.4) is 0 Å². The van der Waals surface area contributed by atoms with E-state index in [1.807, 2.05) is 6.92 Å². The van der Waals surface area contributed by atoms with Crippen LogP contribution in [0, 0.1) is 6.92 Å². The molecule has 2 fully saturated rings. The molecule has 11 heteroatoms. The number of benzene rings is 3. The summed E-state index contributed by atoms with van der Waals surface area (Å²) < 4.78 is 47.7. The number of amides is 1. The van der Waals surface area contributed by atoms with E-state index in [1.54, 1.807) is 24.3 Å². The van der Waals surface area contributed by atoms with E-state index >= 15 is 0 Å². The summed E-state index contributed by atoms with van der Waals surface area (Å²) in [5.74, 6) is 0.184. The van der Waals surface area contributed by atoms with Crippen molar-refractivity contribution in [3.63, 3.8) is 0 Å².